The van der Waals surface area contributed by atoms with Crippen LogP contribution < -0.4 is 10.6 Å². The lowest BCUT2D eigenvalue weighted by atomic mass is 9.84. The maximum Gasteiger partial charge on any atom is 0.190 e. The summed E-state index contributed by atoms with van der Waals surface area (Å²) in [6, 6.07) is 8.65. The van der Waals surface area contributed by atoms with Crippen molar-refractivity contribution in [2.45, 2.75) is 44.6 Å². The van der Waals surface area contributed by atoms with Gasteiger partial charge in [0.05, 0.1) is 12.7 Å². The molecule has 2 unspecified atom stereocenters. The van der Waals surface area contributed by atoms with Crippen LogP contribution in [0.3, 0.4) is 0 Å². The van der Waals surface area contributed by atoms with Gasteiger partial charge in [0.2, 0.25) is 0 Å². The van der Waals surface area contributed by atoms with Crippen LogP contribution in [0.5, 0.6) is 0 Å². The van der Waals surface area contributed by atoms with Gasteiger partial charge in [0.25, 0.3) is 0 Å². The molecule has 0 radical (unpaired) electrons. The second-order valence-corrected chi connectivity index (χ2v) is 7.93. The van der Waals surface area contributed by atoms with Crippen molar-refractivity contribution in [3.8, 4) is 0 Å². The molecular weight excluding hydrogens is 481 g/mol. The predicted molar refractivity (Wildman–Crippen MR) is 127 cm³/mol. The number of nitrogens with zero attached hydrogens (tertiary/aromatic N) is 1. The van der Waals surface area contributed by atoms with E-state index in [0.717, 1.165) is 57.9 Å². The summed E-state index contributed by atoms with van der Waals surface area (Å²) < 4.78 is 11.7. The SMILES string of the molecule is CN=C(NCCCOC1CCCc2ccccc21)NCC1(CCO)CCOC1.I. The summed E-state index contributed by atoms with van der Waals surface area (Å²) in [5.74, 6) is 0.798. The minimum absolute atomic E-state index is 0. The zero-order valence-corrected chi connectivity index (χ0v) is 19.8. The molecule has 2 atom stereocenters. The van der Waals surface area contributed by atoms with Gasteiger partial charge in [0.1, 0.15) is 0 Å². The Morgan fingerprint density at radius 3 is 2.97 bits per heavy atom. The van der Waals surface area contributed by atoms with Gasteiger partial charge in [-0.2, -0.15) is 0 Å². The number of benzene rings is 1. The fourth-order valence-corrected chi connectivity index (χ4v) is 4.19. The number of aryl methyl sites for hydroxylation is 1. The Balaban J connectivity index is 0.00000300. The highest BCUT2D eigenvalue weighted by atomic mass is 127. The van der Waals surface area contributed by atoms with Crippen LogP contribution in [0.15, 0.2) is 29.3 Å². The predicted octanol–water partition coefficient (Wildman–Crippen LogP) is 3.04. The van der Waals surface area contributed by atoms with E-state index in [1.807, 2.05) is 0 Å². The second-order valence-electron chi connectivity index (χ2n) is 7.93. The number of hydrogen-bond acceptors (Lipinski definition) is 4. The summed E-state index contributed by atoms with van der Waals surface area (Å²) >= 11 is 0. The molecule has 0 bridgehead atoms. The molecule has 1 aromatic carbocycles. The lowest BCUT2D eigenvalue weighted by Gasteiger charge is -2.28. The molecule has 0 saturated carbocycles. The number of guanidine groups is 1. The van der Waals surface area contributed by atoms with Crippen molar-refractivity contribution < 1.29 is 14.6 Å². The number of aliphatic imine (C=N–C) groups is 1. The van der Waals surface area contributed by atoms with E-state index in [0.29, 0.717) is 6.61 Å². The second kappa shape index (κ2) is 12.7. The highest BCUT2D eigenvalue weighted by Gasteiger charge is 2.34. The summed E-state index contributed by atoms with van der Waals surface area (Å²) in [6.45, 7) is 3.99. The molecule has 1 aromatic rings. The number of ether oxygens (including phenoxy) is 2. The van der Waals surface area contributed by atoms with Gasteiger partial charge in [0.15, 0.2) is 5.96 Å². The Kier molecular flexibility index (Phi) is 10.7. The van der Waals surface area contributed by atoms with Crippen molar-refractivity contribution in [2.24, 2.45) is 10.4 Å². The van der Waals surface area contributed by atoms with Crippen LogP contribution in [0, 0.1) is 5.41 Å². The summed E-state index contributed by atoms with van der Waals surface area (Å²) in [5.41, 5.74) is 2.82. The van der Waals surface area contributed by atoms with Crippen LogP contribution in [0.25, 0.3) is 0 Å². The number of fused-ring (bicyclic) bond motifs is 1. The first-order valence-electron chi connectivity index (χ1n) is 10.6. The molecule has 6 nitrogen and oxygen atoms in total. The van der Waals surface area contributed by atoms with Gasteiger partial charge in [-0.15, -0.1) is 24.0 Å². The maximum absolute atomic E-state index is 9.34. The van der Waals surface area contributed by atoms with Gasteiger partial charge in [-0.25, -0.2) is 0 Å². The monoisotopic (exact) mass is 517 g/mol. The minimum atomic E-state index is 0. The number of nitrogens with one attached hydrogen (secondary N) is 2. The van der Waals surface area contributed by atoms with Gasteiger partial charge in [-0.1, -0.05) is 24.3 Å². The molecule has 1 fully saturated rings. The van der Waals surface area contributed by atoms with E-state index in [-0.39, 0.29) is 42.1 Å². The quantitative estimate of drug-likeness (QED) is 0.203. The van der Waals surface area contributed by atoms with Crippen molar-refractivity contribution in [3.63, 3.8) is 0 Å². The number of rotatable bonds is 9. The summed E-state index contributed by atoms with van der Waals surface area (Å²) in [5, 5.41) is 16.1. The van der Waals surface area contributed by atoms with Gasteiger partial charge in [0, 0.05) is 45.4 Å². The molecule has 1 aliphatic carbocycles. The van der Waals surface area contributed by atoms with Crippen molar-refractivity contribution in [2.75, 3.05) is 46.6 Å². The Labute approximate surface area is 191 Å². The lowest BCUT2D eigenvalue weighted by molar-refractivity contribution is 0.0398. The van der Waals surface area contributed by atoms with E-state index in [9.17, 15) is 5.11 Å². The molecule has 7 heteroatoms. The molecule has 2 aliphatic rings. The van der Waals surface area contributed by atoms with E-state index in [4.69, 9.17) is 9.47 Å². The van der Waals surface area contributed by atoms with E-state index in [1.54, 1.807) is 7.05 Å². The van der Waals surface area contributed by atoms with E-state index in [2.05, 4.69) is 39.9 Å². The largest absolute Gasteiger partial charge is 0.396 e. The third-order valence-electron chi connectivity index (χ3n) is 5.93. The zero-order valence-electron chi connectivity index (χ0n) is 17.5. The Hall–Kier alpha value is -0.900. The molecule has 0 amide bonds. The number of halogens is 1. The normalized spacial score (nSPS) is 23.9. The van der Waals surface area contributed by atoms with Crippen LogP contribution in [0.4, 0.5) is 0 Å². The van der Waals surface area contributed by atoms with Crippen molar-refractivity contribution >= 4 is 29.9 Å². The van der Waals surface area contributed by atoms with Crippen LogP contribution >= 0.6 is 24.0 Å². The summed E-state index contributed by atoms with van der Waals surface area (Å²) in [6.07, 6.45) is 6.40. The number of hydrogen-bond donors (Lipinski definition) is 3. The van der Waals surface area contributed by atoms with Crippen molar-refractivity contribution in [1.29, 1.82) is 0 Å². The summed E-state index contributed by atoms with van der Waals surface area (Å²) in [4.78, 5) is 4.31. The van der Waals surface area contributed by atoms with Gasteiger partial charge >= 0.3 is 0 Å². The molecule has 0 spiro atoms. The molecular formula is C22H36IN3O3. The first-order valence-corrected chi connectivity index (χ1v) is 10.6. The van der Waals surface area contributed by atoms with E-state index < -0.39 is 0 Å². The average molecular weight is 517 g/mol. The number of aliphatic hydroxyl groups is 1. The molecule has 0 aromatic heterocycles. The summed E-state index contributed by atoms with van der Waals surface area (Å²) in [7, 11) is 1.79. The van der Waals surface area contributed by atoms with Gasteiger partial charge in [-0.05, 0) is 49.7 Å². The van der Waals surface area contributed by atoms with Crippen LogP contribution in [0.1, 0.15) is 49.3 Å². The third kappa shape index (κ3) is 7.08. The standard InChI is InChI=1S/C22H35N3O3.HI/c1-23-21(25-16-22(10-13-26)11-15-27-17-22)24-12-5-14-28-20-9-4-7-18-6-2-3-8-19(18)20;/h2-3,6,8,20,26H,4-5,7,9-17H2,1H3,(H2,23,24,25);1H. The highest BCUT2D eigenvalue weighted by molar-refractivity contribution is 14.0. The fourth-order valence-electron chi connectivity index (χ4n) is 4.19. The molecule has 29 heavy (non-hydrogen) atoms. The van der Waals surface area contributed by atoms with Crippen LogP contribution in [-0.4, -0.2) is 57.6 Å². The minimum Gasteiger partial charge on any atom is -0.396 e. The van der Waals surface area contributed by atoms with Crippen LogP contribution in [-0.2, 0) is 15.9 Å². The Morgan fingerprint density at radius 2 is 2.21 bits per heavy atom. The zero-order chi connectivity index (χ0) is 19.7. The number of aliphatic hydroxyl groups excluding tert-OH is 1. The van der Waals surface area contributed by atoms with E-state index in [1.165, 1.54) is 24.0 Å². The third-order valence-corrected chi connectivity index (χ3v) is 5.93. The van der Waals surface area contributed by atoms with Gasteiger partial charge in [-0.3, -0.25) is 4.99 Å². The van der Waals surface area contributed by atoms with Crippen LogP contribution in [0.2, 0.25) is 0 Å². The Bertz CT molecular complexity index is 635. The first kappa shape index (κ1) is 24.4. The molecule has 1 saturated heterocycles. The fraction of sp³-hybridized carbons (Fsp3) is 0.682. The lowest BCUT2D eigenvalue weighted by Crippen LogP contribution is -2.44. The van der Waals surface area contributed by atoms with Crippen molar-refractivity contribution in [1.82, 2.24) is 10.6 Å². The molecule has 1 aliphatic heterocycles. The molecule has 164 valence electrons. The smallest absolute Gasteiger partial charge is 0.190 e. The molecule has 3 rings (SSSR count). The molecule has 1 heterocycles. The van der Waals surface area contributed by atoms with Gasteiger partial charge < -0.3 is 25.2 Å². The van der Waals surface area contributed by atoms with Crippen molar-refractivity contribution in [3.05, 3.63) is 35.4 Å². The first-order chi connectivity index (χ1) is 13.8. The topological polar surface area (TPSA) is 75.1 Å². The Morgan fingerprint density at radius 1 is 1.34 bits per heavy atom. The highest BCUT2D eigenvalue weighted by Crippen LogP contribution is 2.32. The van der Waals surface area contributed by atoms with E-state index >= 15 is 0 Å². The maximum atomic E-state index is 9.34. The molecule has 3 N–H and O–H groups in total. The average Bonchev–Trinajstić information content (AvgIpc) is 3.19.